The standard InChI is InChI=1S/C25H33N5O6/c1-15-12-30(16(2)14-31)24(32)20-10-19(8-7-9-34-6)11-26-23(20)35-21(15)13-29(5)25(33)27-22-17(3)28-36-18(22)4/h10-11,15-16,21,31H,9,12-14H2,1-6H3,(H,27,33)/t15-,16-,21-/m1/s1. The predicted octanol–water partition coefficient (Wildman–Crippen LogP) is 2.07. The lowest BCUT2D eigenvalue weighted by atomic mass is 10.00. The summed E-state index contributed by atoms with van der Waals surface area (Å²) in [4.78, 5) is 33.8. The summed E-state index contributed by atoms with van der Waals surface area (Å²) in [7, 11) is 3.20. The minimum Gasteiger partial charge on any atom is -0.472 e. The molecule has 2 aromatic rings. The Labute approximate surface area is 210 Å². The number of hydrogen-bond acceptors (Lipinski definition) is 8. The van der Waals surface area contributed by atoms with Gasteiger partial charge >= 0.3 is 6.03 Å². The SMILES string of the molecule is COCC#Cc1cnc2c(c1)C(=O)N([C@H](C)CO)C[C@@H](C)[C@@H](CN(C)C(=O)Nc1c(C)noc1C)O2. The molecule has 194 valence electrons. The van der Waals surface area contributed by atoms with Crippen LogP contribution in [0.5, 0.6) is 5.88 Å². The number of nitrogens with zero attached hydrogens (tertiary/aromatic N) is 4. The molecule has 0 saturated heterocycles. The summed E-state index contributed by atoms with van der Waals surface area (Å²) in [5, 5.41) is 16.5. The number of hydrogen-bond donors (Lipinski definition) is 2. The molecule has 0 aromatic carbocycles. The molecule has 0 unspecified atom stereocenters. The molecule has 3 rings (SSSR count). The summed E-state index contributed by atoms with van der Waals surface area (Å²) in [6, 6.07) is 0.858. The van der Waals surface area contributed by atoms with Gasteiger partial charge in [-0.25, -0.2) is 9.78 Å². The van der Waals surface area contributed by atoms with Crippen molar-refractivity contribution >= 4 is 17.6 Å². The quantitative estimate of drug-likeness (QED) is 0.578. The molecule has 3 heterocycles. The van der Waals surface area contributed by atoms with Crippen molar-refractivity contribution in [2.45, 2.75) is 39.8 Å². The van der Waals surface area contributed by atoms with Crippen LogP contribution in [0.25, 0.3) is 0 Å². The number of carbonyl (C=O) groups excluding carboxylic acids is 2. The molecule has 3 amide bonds. The van der Waals surface area contributed by atoms with Crippen LogP contribution in [0.4, 0.5) is 10.5 Å². The van der Waals surface area contributed by atoms with Crippen LogP contribution in [0.3, 0.4) is 0 Å². The number of nitrogens with one attached hydrogen (secondary N) is 1. The third-order valence-corrected chi connectivity index (χ3v) is 6.04. The van der Waals surface area contributed by atoms with Crippen molar-refractivity contribution in [2.75, 3.05) is 45.8 Å². The number of amides is 3. The van der Waals surface area contributed by atoms with E-state index in [1.165, 1.54) is 11.1 Å². The first kappa shape index (κ1) is 27.0. The molecule has 0 fully saturated rings. The maximum absolute atomic E-state index is 13.4. The zero-order chi connectivity index (χ0) is 26.4. The van der Waals surface area contributed by atoms with Crippen LogP contribution >= 0.6 is 0 Å². The number of aliphatic hydroxyl groups is 1. The van der Waals surface area contributed by atoms with E-state index in [9.17, 15) is 14.7 Å². The Morgan fingerprint density at radius 2 is 2.19 bits per heavy atom. The van der Waals surface area contributed by atoms with Gasteiger partial charge in [0, 0.05) is 38.4 Å². The minimum absolute atomic E-state index is 0.156. The van der Waals surface area contributed by atoms with Crippen molar-refractivity contribution in [3.63, 3.8) is 0 Å². The molecule has 2 N–H and O–H groups in total. The van der Waals surface area contributed by atoms with Crippen molar-refractivity contribution in [2.24, 2.45) is 5.92 Å². The van der Waals surface area contributed by atoms with Crippen LogP contribution in [0.15, 0.2) is 16.8 Å². The molecule has 0 saturated carbocycles. The molecular weight excluding hydrogens is 466 g/mol. The maximum Gasteiger partial charge on any atom is 0.321 e. The number of urea groups is 1. The molecular formula is C25H33N5O6. The van der Waals surface area contributed by atoms with Crippen LogP contribution in [-0.2, 0) is 4.74 Å². The van der Waals surface area contributed by atoms with Gasteiger partial charge in [-0.3, -0.25) is 4.79 Å². The fraction of sp³-hybridized carbons (Fsp3) is 0.520. The largest absolute Gasteiger partial charge is 0.472 e. The topological polar surface area (TPSA) is 130 Å². The van der Waals surface area contributed by atoms with E-state index in [4.69, 9.17) is 14.0 Å². The third-order valence-electron chi connectivity index (χ3n) is 6.04. The molecule has 11 heteroatoms. The Morgan fingerprint density at radius 1 is 1.44 bits per heavy atom. The van der Waals surface area contributed by atoms with E-state index in [1.807, 2.05) is 6.92 Å². The Morgan fingerprint density at radius 3 is 2.83 bits per heavy atom. The van der Waals surface area contributed by atoms with Crippen LogP contribution in [-0.4, -0.2) is 89.6 Å². The lowest BCUT2D eigenvalue weighted by Gasteiger charge is -2.37. The summed E-state index contributed by atoms with van der Waals surface area (Å²) < 4.78 is 16.3. The van der Waals surface area contributed by atoms with Crippen molar-refractivity contribution in [1.82, 2.24) is 19.9 Å². The van der Waals surface area contributed by atoms with Crippen molar-refractivity contribution in [3.8, 4) is 17.7 Å². The van der Waals surface area contributed by atoms with E-state index in [2.05, 4.69) is 27.3 Å². The number of methoxy groups -OCH3 is 1. The second kappa shape index (κ2) is 11.9. The van der Waals surface area contributed by atoms with Gasteiger partial charge in [-0.15, -0.1) is 0 Å². The first-order valence-corrected chi connectivity index (χ1v) is 11.7. The summed E-state index contributed by atoms with van der Waals surface area (Å²) in [6.07, 6.45) is 1.05. The van der Waals surface area contributed by atoms with Gasteiger partial charge < -0.3 is 34.2 Å². The number of pyridine rings is 1. The summed E-state index contributed by atoms with van der Waals surface area (Å²) in [5.41, 5.74) is 1.90. The van der Waals surface area contributed by atoms with Crippen LogP contribution in [0, 0.1) is 31.6 Å². The number of ether oxygens (including phenoxy) is 2. The number of anilines is 1. The van der Waals surface area contributed by atoms with Crippen LogP contribution in [0.2, 0.25) is 0 Å². The zero-order valence-corrected chi connectivity index (χ0v) is 21.5. The van der Waals surface area contributed by atoms with Crippen LogP contribution in [0.1, 0.15) is 41.2 Å². The summed E-state index contributed by atoms with van der Waals surface area (Å²) in [5.74, 6) is 5.96. The Hall–Kier alpha value is -3.62. The zero-order valence-electron chi connectivity index (χ0n) is 21.5. The number of likely N-dealkylation sites (N-methyl/N-ethyl adjacent to an activating group) is 1. The summed E-state index contributed by atoms with van der Waals surface area (Å²) >= 11 is 0. The second-order valence-corrected chi connectivity index (χ2v) is 8.94. The highest BCUT2D eigenvalue weighted by molar-refractivity contribution is 5.97. The van der Waals surface area contributed by atoms with Crippen molar-refractivity contribution < 1.29 is 28.7 Å². The van der Waals surface area contributed by atoms with Gasteiger partial charge in [0.25, 0.3) is 5.91 Å². The smallest absolute Gasteiger partial charge is 0.321 e. The number of aromatic nitrogens is 2. The molecule has 36 heavy (non-hydrogen) atoms. The number of aliphatic hydroxyl groups excluding tert-OH is 1. The van der Waals surface area contributed by atoms with Gasteiger partial charge in [0.1, 0.15) is 29.7 Å². The molecule has 11 nitrogen and oxygen atoms in total. The number of carbonyl (C=O) groups is 2. The lowest BCUT2D eigenvalue weighted by Crippen LogP contribution is -2.50. The first-order valence-electron chi connectivity index (χ1n) is 11.7. The van der Waals surface area contributed by atoms with E-state index in [0.29, 0.717) is 29.2 Å². The highest BCUT2D eigenvalue weighted by atomic mass is 16.5. The molecule has 2 aromatic heterocycles. The van der Waals surface area contributed by atoms with E-state index >= 15 is 0 Å². The molecule has 1 aliphatic rings. The van der Waals surface area contributed by atoms with Crippen LogP contribution < -0.4 is 10.1 Å². The fourth-order valence-corrected chi connectivity index (χ4v) is 3.82. The first-order chi connectivity index (χ1) is 17.2. The van der Waals surface area contributed by atoms with E-state index < -0.39 is 12.1 Å². The maximum atomic E-state index is 13.4. The molecule has 1 aliphatic heterocycles. The van der Waals surface area contributed by atoms with Crippen molar-refractivity contribution in [1.29, 1.82) is 0 Å². The van der Waals surface area contributed by atoms with Gasteiger partial charge in [0.2, 0.25) is 5.88 Å². The van der Waals surface area contributed by atoms with Gasteiger partial charge in [0.15, 0.2) is 5.76 Å². The minimum atomic E-state index is -0.483. The molecule has 0 radical (unpaired) electrons. The normalized spacial score (nSPS) is 18.2. The number of fused-ring (bicyclic) bond motifs is 1. The average molecular weight is 500 g/mol. The highest BCUT2D eigenvalue weighted by Gasteiger charge is 2.34. The van der Waals surface area contributed by atoms with E-state index in [-0.39, 0.29) is 49.1 Å². The molecule has 0 aliphatic carbocycles. The number of rotatable bonds is 6. The van der Waals surface area contributed by atoms with E-state index in [1.54, 1.807) is 45.9 Å². The molecule has 3 atom stereocenters. The van der Waals surface area contributed by atoms with Crippen molar-refractivity contribution in [3.05, 3.63) is 34.8 Å². The van der Waals surface area contributed by atoms with Gasteiger partial charge in [-0.2, -0.15) is 0 Å². The number of aryl methyl sites for hydroxylation is 2. The Bertz CT molecular complexity index is 1130. The lowest BCUT2D eigenvalue weighted by molar-refractivity contribution is 0.0356. The Balaban J connectivity index is 1.88. The summed E-state index contributed by atoms with van der Waals surface area (Å²) in [6.45, 7) is 7.78. The van der Waals surface area contributed by atoms with E-state index in [0.717, 1.165) is 0 Å². The average Bonchev–Trinajstić information content (AvgIpc) is 3.18. The van der Waals surface area contributed by atoms with Gasteiger partial charge in [0.05, 0.1) is 19.2 Å². The molecule has 0 bridgehead atoms. The Kier molecular flexibility index (Phi) is 8.90. The second-order valence-electron chi connectivity index (χ2n) is 8.94. The van der Waals surface area contributed by atoms with Gasteiger partial charge in [-0.05, 0) is 26.8 Å². The third kappa shape index (κ3) is 6.13. The fourth-order valence-electron chi connectivity index (χ4n) is 3.82. The highest BCUT2D eigenvalue weighted by Crippen LogP contribution is 2.27. The van der Waals surface area contributed by atoms with Gasteiger partial charge in [-0.1, -0.05) is 23.9 Å². The molecule has 0 spiro atoms. The monoisotopic (exact) mass is 499 g/mol. The predicted molar refractivity (Wildman–Crippen MR) is 132 cm³/mol.